The molecule has 2 N–H and O–H groups in total. The number of rotatable bonds is 7. The molecule has 7 heteroatoms. The van der Waals surface area contributed by atoms with Crippen LogP contribution in [0.1, 0.15) is 16.9 Å². The number of hydrogen-bond donors (Lipinski definition) is 2. The van der Waals surface area contributed by atoms with E-state index in [2.05, 4.69) is 10.0 Å². The van der Waals surface area contributed by atoms with Gasteiger partial charge in [0.05, 0.1) is 17.7 Å². The number of furan rings is 1. The van der Waals surface area contributed by atoms with Gasteiger partial charge in [-0.2, -0.15) is 0 Å². The third kappa shape index (κ3) is 4.50. The Balaban J connectivity index is 1.67. The Labute approximate surface area is 151 Å². The van der Waals surface area contributed by atoms with E-state index in [-0.39, 0.29) is 17.3 Å². The summed E-state index contributed by atoms with van der Waals surface area (Å²) in [6.07, 6.45) is 1.49. The van der Waals surface area contributed by atoms with Crippen molar-refractivity contribution in [2.24, 2.45) is 0 Å². The summed E-state index contributed by atoms with van der Waals surface area (Å²) in [6.45, 7) is 2.25. The molecule has 0 radical (unpaired) electrons. The number of aryl methyl sites for hydroxylation is 1. The van der Waals surface area contributed by atoms with Crippen LogP contribution in [0.25, 0.3) is 0 Å². The van der Waals surface area contributed by atoms with Crippen LogP contribution in [-0.4, -0.2) is 8.42 Å². The van der Waals surface area contributed by atoms with Crippen LogP contribution in [0, 0.1) is 12.7 Å². The maximum Gasteiger partial charge on any atom is 0.241 e. The van der Waals surface area contributed by atoms with E-state index in [1.165, 1.54) is 18.4 Å². The van der Waals surface area contributed by atoms with Gasteiger partial charge in [-0.3, -0.25) is 0 Å². The summed E-state index contributed by atoms with van der Waals surface area (Å²) >= 11 is 0. The molecule has 5 nitrogen and oxygen atoms in total. The van der Waals surface area contributed by atoms with Gasteiger partial charge in [0.15, 0.2) is 0 Å². The first kappa shape index (κ1) is 18.2. The highest BCUT2D eigenvalue weighted by molar-refractivity contribution is 7.89. The minimum atomic E-state index is -3.65. The first-order valence-electron chi connectivity index (χ1n) is 8.05. The van der Waals surface area contributed by atoms with E-state index in [1.54, 1.807) is 49.4 Å². The molecule has 0 atom stereocenters. The molecule has 3 rings (SSSR count). The van der Waals surface area contributed by atoms with Gasteiger partial charge in [0.2, 0.25) is 10.0 Å². The molecule has 0 saturated carbocycles. The molecule has 0 fully saturated rings. The Kier molecular flexibility index (Phi) is 5.39. The van der Waals surface area contributed by atoms with Crippen LogP contribution in [-0.2, 0) is 23.1 Å². The van der Waals surface area contributed by atoms with Crippen LogP contribution >= 0.6 is 0 Å². The maximum atomic E-state index is 13.3. The summed E-state index contributed by atoms with van der Waals surface area (Å²) in [6, 6.07) is 14.8. The molecule has 1 heterocycles. The molecular formula is C19H19FN2O3S. The molecule has 2 aromatic carbocycles. The molecule has 0 aliphatic rings. The number of anilines is 1. The lowest BCUT2D eigenvalue weighted by atomic mass is 10.1. The van der Waals surface area contributed by atoms with Gasteiger partial charge in [-0.15, -0.1) is 0 Å². The predicted molar refractivity (Wildman–Crippen MR) is 97.6 cm³/mol. The highest BCUT2D eigenvalue weighted by atomic mass is 32.2. The minimum Gasteiger partial charge on any atom is -0.468 e. The smallest absolute Gasteiger partial charge is 0.241 e. The van der Waals surface area contributed by atoms with Crippen LogP contribution < -0.4 is 10.0 Å². The van der Waals surface area contributed by atoms with Crippen molar-refractivity contribution < 1.29 is 17.2 Å². The fraction of sp³-hybridized carbons (Fsp3) is 0.158. The second-order valence-electron chi connectivity index (χ2n) is 5.87. The lowest BCUT2D eigenvalue weighted by Gasteiger charge is -2.10. The average molecular weight is 374 g/mol. The maximum absolute atomic E-state index is 13.3. The Bertz CT molecular complexity index is 986. The zero-order valence-corrected chi connectivity index (χ0v) is 15.0. The Hall–Kier alpha value is -2.64. The van der Waals surface area contributed by atoms with Gasteiger partial charge >= 0.3 is 0 Å². The number of nitrogens with one attached hydrogen (secondary N) is 2. The molecule has 0 aliphatic carbocycles. The highest BCUT2D eigenvalue weighted by Crippen LogP contribution is 2.17. The first-order chi connectivity index (χ1) is 12.4. The van der Waals surface area contributed by atoms with Crippen molar-refractivity contribution in [2.75, 3.05) is 5.32 Å². The SMILES string of the molecule is Cc1cc(CNc2cccc(S(=O)(=O)NCc3ccco3)c2)ccc1F. The van der Waals surface area contributed by atoms with Crippen molar-refractivity contribution in [1.29, 1.82) is 0 Å². The number of benzene rings is 2. The molecule has 0 amide bonds. The van der Waals surface area contributed by atoms with Gasteiger partial charge in [-0.25, -0.2) is 17.5 Å². The topological polar surface area (TPSA) is 71.3 Å². The zero-order valence-electron chi connectivity index (χ0n) is 14.2. The molecule has 0 unspecified atom stereocenters. The Morgan fingerprint density at radius 2 is 1.88 bits per heavy atom. The predicted octanol–water partition coefficient (Wildman–Crippen LogP) is 3.82. The number of hydrogen-bond acceptors (Lipinski definition) is 4. The summed E-state index contributed by atoms with van der Waals surface area (Å²) in [4.78, 5) is 0.157. The third-order valence-electron chi connectivity index (χ3n) is 3.88. The zero-order chi connectivity index (χ0) is 18.6. The second-order valence-corrected chi connectivity index (χ2v) is 7.64. The van der Waals surface area contributed by atoms with Gasteiger partial charge < -0.3 is 9.73 Å². The summed E-state index contributed by atoms with van der Waals surface area (Å²) in [5.74, 6) is 0.291. The molecule has 0 bridgehead atoms. The van der Waals surface area contributed by atoms with E-state index in [9.17, 15) is 12.8 Å². The quantitative estimate of drug-likeness (QED) is 0.660. The third-order valence-corrected chi connectivity index (χ3v) is 5.28. The van der Waals surface area contributed by atoms with Crippen LogP contribution in [0.5, 0.6) is 0 Å². The van der Waals surface area contributed by atoms with Gasteiger partial charge in [0.25, 0.3) is 0 Å². The minimum absolute atomic E-state index is 0.0852. The van der Waals surface area contributed by atoms with Crippen LogP contribution in [0.2, 0.25) is 0 Å². The summed E-state index contributed by atoms with van der Waals surface area (Å²) in [7, 11) is -3.65. The lowest BCUT2D eigenvalue weighted by molar-refractivity contribution is 0.498. The van der Waals surface area contributed by atoms with Gasteiger partial charge in [0, 0.05) is 12.2 Å². The fourth-order valence-corrected chi connectivity index (χ4v) is 3.50. The van der Waals surface area contributed by atoms with Gasteiger partial charge in [-0.05, 0) is 54.4 Å². The van der Waals surface area contributed by atoms with Crippen molar-refractivity contribution >= 4 is 15.7 Å². The van der Waals surface area contributed by atoms with E-state index >= 15 is 0 Å². The van der Waals surface area contributed by atoms with Gasteiger partial charge in [-0.1, -0.05) is 18.2 Å². The first-order valence-corrected chi connectivity index (χ1v) is 9.53. The average Bonchev–Trinajstić information content (AvgIpc) is 3.15. The number of sulfonamides is 1. The van der Waals surface area contributed by atoms with E-state index in [4.69, 9.17) is 4.42 Å². The highest BCUT2D eigenvalue weighted by Gasteiger charge is 2.14. The monoisotopic (exact) mass is 374 g/mol. The van der Waals surface area contributed by atoms with Crippen molar-refractivity contribution in [2.45, 2.75) is 24.9 Å². The summed E-state index contributed by atoms with van der Waals surface area (Å²) < 4.78 is 45.8. The van der Waals surface area contributed by atoms with Crippen LogP contribution in [0.4, 0.5) is 10.1 Å². The molecule has 26 heavy (non-hydrogen) atoms. The molecule has 0 saturated heterocycles. The molecule has 0 aliphatic heterocycles. The van der Waals surface area contributed by atoms with E-state index in [0.717, 1.165) is 5.56 Å². The fourth-order valence-electron chi connectivity index (χ4n) is 2.46. The summed E-state index contributed by atoms with van der Waals surface area (Å²) in [5.41, 5.74) is 2.14. The molecule has 136 valence electrons. The Morgan fingerprint density at radius 1 is 1.04 bits per heavy atom. The summed E-state index contributed by atoms with van der Waals surface area (Å²) in [5, 5.41) is 3.16. The molecular weight excluding hydrogens is 355 g/mol. The van der Waals surface area contributed by atoms with Crippen LogP contribution in [0.3, 0.4) is 0 Å². The normalized spacial score (nSPS) is 11.5. The van der Waals surface area contributed by atoms with Crippen molar-refractivity contribution in [1.82, 2.24) is 4.72 Å². The lowest BCUT2D eigenvalue weighted by Crippen LogP contribution is -2.23. The van der Waals surface area contributed by atoms with Crippen molar-refractivity contribution in [3.05, 3.63) is 83.6 Å². The largest absolute Gasteiger partial charge is 0.468 e. The van der Waals surface area contributed by atoms with E-state index in [1.807, 2.05) is 0 Å². The molecule has 0 spiro atoms. The second kappa shape index (κ2) is 7.72. The van der Waals surface area contributed by atoms with E-state index in [0.29, 0.717) is 23.6 Å². The van der Waals surface area contributed by atoms with E-state index < -0.39 is 10.0 Å². The van der Waals surface area contributed by atoms with Crippen molar-refractivity contribution in [3.63, 3.8) is 0 Å². The molecule has 1 aromatic heterocycles. The Morgan fingerprint density at radius 3 is 2.62 bits per heavy atom. The molecule has 3 aromatic rings. The van der Waals surface area contributed by atoms with Crippen LogP contribution in [0.15, 0.2) is 70.2 Å². The van der Waals surface area contributed by atoms with Gasteiger partial charge in [0.1, 0.15) is 11.6 Å². The van der Waals surface area contributed by atoms with Crippen molar-refractivity contribution in [3.8, 4) is 0 Å². The number of halogens is 1. The standard InChI is InChI=1S/C19H19FN2O3S/c1-14-10-15(7-8-19(14)20)12-21-16-4-2-6-18(11-16)26(23,24)22-13-17-5-3-9-25-17/h2-11,21-22H,12-13H2,1H3.